The van der Waals surface area contributed by atoms with Gasteiger partial charge in [-0.05, 0) is 52.4 Å². The zero-order valence-electron chi connectivity index (χ0n) is 14.2. The summed E-state index contributed by atoms with van der Waals surface area (Å²) in [5, 5.41) is 18.8. The summed E-state index contributed by atoms with van der Waals surface area (Å²) in [5.74, 6) is 0.811. The minimum absolute atomic E-state index is 0.228. The van der Waals surface area contributed by atoms with Crippen LogP contribution in [0.5, 0.6) is 0 Å². The van der Waals surface area contributed by atoms with E-state index < -0.39 is 5.60 Å². The molecule has 2 rings (SSSR count). The number of aromatic nitrogens is 2. The normalized spacial score (nSPS) is 27.8. The van der Waals surface area contributed by atoms with Gasteiger partial charge in [-0.15, -0.1) is 0 Å². The minimum Gasteiger partial charge on any atom is -0.389 e. The largest absolute Gasteiger partial charge is 0.389 e. The van der Waals surface area contributed by atoms with Gasteiger partial charge in [0.2, 0.25) is 0 Å². The monoisotopic (exact) mass is 293 g/mol. The van der Waals surface area contributed by atoms with E-state index in [9.17, 15) is 5.11 Å². The standard InChI is InChI=1S/C17H31N3O/c1-6-15-7-9-17(21,10-8-15)11-18-12(2)16-13(3)19-20(5)14(16)4/h12,15,18,21H,6-11H2,1-5H3. The third-order valence-electron chi connectivity index (χ3n) is 5.35. The molecule has 1 aromatic rings. The molecular weight excluding hydrogens is 262 g/mol. The first kappa shape index (κ1) is 16.5. The number of aryl methyl sites for hydroxylation is 2. The number of hydrogen-bond acceptors (Lipinski definition) is 3. The van der Waals surface area contributed by atoms with Crippen LogP contribution in [-0.2, 0) is 7.05 Å². The van der Waals surface area contributed by atoms with Crippen molar-refractivity contribution in [1.29, 1.82) is 0 Å². The van der Waals surface area contributed by atoms with E-state index >= 15 is 0 Å². The Kier molecular flexibility index (Phi) is 5.10. The fourth-order valence-electron chi connectivity index (χ4n) is 3.66. The molecule has 4 heteroatoms. The summed E-state index contributed by atoms with van der Waals surface area (Å²) in [6.45, 7) is 9.26. The van der Waals surface area contributed by atoms with Gasteiger partial charge < -0.3 is 10.4 Å². The molecular formula is C17H31N3O. The molecule has 0 aromatic carbocycles. The van der Waals surface area contributed by atoms with Crippen molar-refractivity contribution in [3.8, 4) is 0 Å². The van der Waals surface area contributed by atoms with Crippen LogP contribution in [0.15, 0.2) is 0 Å². The molecule has 1 heterocycles. The first-order valence-corrected chi connectivity index (χ1v) is 8.32. The summed E-state index contributed by atoms with van der Waals surface area (Å²) < 4.78 is 1.93. The fraction of sp³-hybridized carbons (Fsp3) is 0.824. The van der Waals surface area contributed by atoms with Gasteiger partial charge in [-0.25, -0.2) is 0 Å². The Balaban J connectivity index is 1.93. The lowest BCUT2D eigenvalue weighted by atomic mass is 9.77. The molecule has 21 heavy (non-hydrogen) atoms. The first-order chi connectivity index (χ1) is 9.86. The molecule has 1 aliphatic carbocycles. The number of nitrogens with zero attached hydrogens (tertiary/aromatic N) is 2. The van der Waals surface area contributed by atoms with E-state index in [4.69, 9.17) is 0 Å². The average Bonchev–Trinajstić information content (AvgIpc) is 2.71. The van der Waals surface area contributed by atoms with Gasteiger partial charge >= 0.3 is 0 Å². The number of nitrogens with one attached hydrogen (secondary N) is 1. The summed E-state index contributed by atoms with van der Waals surface area (Å²) in [6, 6.07) is 0.228. The molecule has 0 spiro atoms. The van der Waals surface area contributed by atoms with E-state index in [-0.39, 0.29) is 6.04 Å². The molecule has 1 saturated carbocycles. The Morgan fingerprint density at radius 2 is 2.00 bits per heavy atom. The smallest absolute Gasteiger partial charge is 0.0772 e. The highest BCUT2D eigenvalue weighted by Gasteiger charge is 2.33. The molecule has 0 saturated heterocycles. The fourth-order valence-corrected chi connectivity index (χ4v) is 3.66. The number of aliphatic hydroxyl groups is 1. The molecule has 0 aliphatic heterocycles. The summed E-state index contributed by atoms with van der Waals surface area (Å²) >= 11 is 0. The Labute approximate surface area is 128 Å². The van der Waals surface area contributed by atoms with E-state index in [1.54, 1.807) is 0 Å². The highest BCUT2D eigenvalue weighted by molar-refractivity contribution is 5.27. The molecule has 0 amide bonds. The first-order valence-electron chi connectivity index (χ1n) is 8.32. The van der Waals surface area contributed by atoms with Crippen LogP contribution in [0.4, 0.5) is 0 Å². The maximum absolute atomic E-state index is 10.7. The average molecular weight is 293 g/mol. The van der Waals surface area contributed by atoms with Crippen LogP contribution in [0.1, 0.15) is 68.9 Å². The van der Waals surface area contributed by atoms with E-state index in [1.807, 2.05) is 11.7 Å². The molecule has 0 bridgehead atoms. The lowest BCUT2D eigenvalue weighted by molar-refractivity contribution is -0.0103. The van der Waals surface area contributed by atoms with Crippen LogP contribution in [0, 0.1) is 19.8 Å². The second-order valence-electron chi connectivity index (χ2n) is 6.89. The third-order valence-corrected chi connectivity index (χ3v) is 5.35. The second kappa shape index (κ2) is 6.49. The van der Waals surface area contributed by atoms with E-state index in [1.165, 1.54) is 17.7 Å². The van der Waals surface area contributed by atoms with Crippen molar-refractivity contribution >= 4 is 0 Å². The molecule has 0 radical (unpaired) electrons. The lowest BCUT2D eigenvalue weighted by Crippen LogP contribution is -2.44. The van der Waals surface area contributed by atoms with Gasteiger partial charge in [0.15, 0.2) is 0 Å². The summed E-state index contributed by atoms with van der Waals surface area (Å²) in [5.41, 5.74) is 3.03. The van der Waals surface area contributed by atoms with Crippen LogP contribution in [0.25, 0.3) is 0 Å². The second-order valence-corrected chi connectivity index (χ2v) is 6.89. The molecule has 4 nitrogen and oxygen atoms in total. The van der Waals surface area contributed by atoms with Crippen molar-refractivity contribution in [2.75, 3.05) is 6.54 Å². The van der Waals surface area contributed by atoms with E-state index in [0.717, 1.165) is 37.3 Å². The summed E-state index contributed by atoms with van der Waals surface area (Å²) in [4.78, 5) is 0. The topological polar surface area (TPSA) is 50.1 Å². The molecule has 1 aliphatic rings. The van der Waals surface area contributed by atoms with Crippen molar-refractivity contribution in [2.24, 2.45) is 13.0 Å². The quantitative estimate of drug-likeness (QED) is 0.877. The van der Waals surface area contributed by atoms with Crippen LogP contribution in [0.3, 0.4) is 0 Å². The van der Waals surface area contributed by atoms with Crippen molar-refractivity contribution in [2.45, 2.75) is 71.4 Å². The Morgan fingerprint density at radius 3 is 2.48 bits per heavy atom. The van der Waals surface area contributed by atoms with Crippen molar-refractivity contribution in [3.63, 3.8) is 0 Å². The SMILES string of the molecule is CCC1CCC(O)(CNC(C)c2c(C)nn(C)c2C)CC1. The lowest BCUT2D eigenvalue weighted by Gasteiger charge is -2.36. The van der Waals surface area contributed by atoms with Gasteiger partial charge in [0.25, 0.3) is 0 Å². The number of hydrogen-bond donors (Lipinski definition) is 2. The Morgan fingerprint density at radius 1 is 1.38 bits per heavy atom. The molecule has 1 unspecified atom stereocenters. The zero-order chi connectivity index (χ0) is 15.6. The van der Waals surface area contributed by atoms with Gasteiger partial charge in [-0.1, -0.05) is 13.3 Å². The molecule has 2 N–H and O–H groups in total. The molecule has 1 fully saturated rings. The van der Waals surface area contributed by atoms with E-state index in [0.29, 0.717) is 6.54 Å². The highest BCUT2D eigenvalue weighted by atomic mass is 16.3. The minimum atomic E-state index is -0.524. The predicted octanol–water partition coefficient (Wildman–Crippen LogP) is 3.02. The van der Waals surface area contributed by atoms with Gasteiger partial charge in [0.1, 0.15) is 0 Å². The maximum atomic E-state index is 10.7. The predicted molar refractivity (Wildman–Crippen MR) is 86.3 cm³/mol. The summed E-state index contributed by atoms with van der Waals surface area (Å²) in [7, 11) is 1.98. The van der Waals surface area contributed by atoms with Crippen LogP contribution < -0.4 is 5.32 Å². The maximum Gasteiger partial charge on any atom is 0.0772 e. The van der Waals surface area contributed by atoms with Crippen molar-refractivity contribution in [1.82, 2.24) is 15.1 Å². The van der Waals surface area contributed by atoms with Crippen molar-refractivity contribution < 1.29 is 5.11 Å². The van der Waals surface area contributed by atoms with E-state index in [2.05, 4.69) is 38.1 Å². The van der Waals surface area contributed by atoms with Gasteiger partial charge in [0.05, 0.1) is 11.3 Å². The van der Waals surface area contributed by atoms with Gasteiger partial charge in [-0.3, -0.25) is 4.68 Å². The van der Waals surface area contributed by atoms with Crippen LogP contribution >= 0.6 is 0 Å². The van der Waals surface area contributed by atoms with Gasteiger partial charge in [-0.2, -0.15) is 5.10 Å². The Bertz CT molecular complexity index is 473. The molecule has 1 aromatic heterocycles. The summed E-state index contributed by atoms with van der Waals surface area (Å²) in [6.07, 6.45) is 5.42. The van der Waals surface area contributed by atoms with Crippen LogP contribution in [-0.4, -0.2) is 27.0 Å². The molecule has 1 atom stereocenters. The van der Waals surface area contributed by atoms with Gasteiger partial charge in [0, 0.05) is 30.9 Å². The Hall–Kier alpha value is -0.870. The zero-order valence-corrected chi connectivity index (χ0v) is 14.2. The molecule has 120 valence electrons. The highest BCUT2D eigenvalue weighted by Crippen LogP contribution is 2.33. The van der Waals surface area contributed by atoms with Crippen LogP contribution in [0.2, 0.25) is 0 Å². The van der Waals surface area contributed by atoms with Crippen molar-refractivity contribution in [3.05, 3.63) is 17.0 Å². The number of rotatable bonds is 5. The third kappa shape index (κ3) is 3.67.